The van der Waals surface area contributed by atoms with Gasteiger partial charge in [-0.1, -0.05) is 11.8 Å². The highest BCUT2D eigenvalue weighted by molar-refractivity contribution is 5.19. The Balaban J connectivity index is 2.54. The molecule has 0 saturated carbocycles. The van der Waals surface area contributed by atoms with E-state index in [9.17, 15) is 0 Å². The van der Waals surface area contributed by atoms with E-state index in [4.69, 9.17) is 9.47 Å². The molecule has 16 heavy (non-hydrogen) atoms. The Bertz CT molecular complexity index is 410. The first-order valence-electron chi connectivity index (χ1n) is 4.73. The lowest BCUT2D eigenvalue weighted by atomic mass is 10.5. The molecule has 0 aliphatic carbocycles. The van der Waals surface area contributed by atoms with Crippen molar-refractivity contribution < 1.29 is 9.47 Å². The van der Waals surface area contributed by atoms with Crippen LogP contribution in [-0.4, -0.2) is 23.2 Å². The predicted octanol–water partition coefficient (Wildman–Crippen LogP) is 1.28. The van der Waals surface area contributed by atoms with Crippen LogP contribution in [0.3, 0.4) is 0 Å². The molecule has 0 aliphatic heterocycles. The Morgan fingerprint density at radius 2 is 1.50 bits per heavy atom. The van der Waals surface area contributed by atoms with E-state index in [1.54, 1.807) is 19.9 Å². The van der Waals surface area contributed by atoms with Crippen LogP contribution in [0.15, 0.2) is 12.4 Å². The molecule has 0 spiro atoms. The maximum absolute atomic E-state index is 5.25. The van der Waals surface area contributed by atoms with Crippen molar-refractivity contribution in [3.8, 4) is 35.4 Å². The summed E-state index contributed by atoms with van der Waals surface area (Å²) in [6.07, 6.45) is 1.38. The van der Waals surface area contributed by atoms with Gasteiger partial charge in [0.15, 0.2) is 13.2 Å². The van der Waals surface area contributed by atoms with Gasteiger partial charge in [0.25, 0.3) is 0 Å². The highest BCUT2D eigenvalue weighted by Crippen LogP contribution is 2.12. The molecule has 0 atom stereocenters. The van der Waals surface area contributed by atoms with Gasteiger partial charge in [-0.05, 0) is 13.8 Å². The van der Waals surface area contributed by atoms with E-state index >= 15 is 0 Å². The molecule has 1 aromatic rings. The summed E-state index contributed by atoms with van der Waals surface area (Å²) in [5.74, 6) is 11.9. The summed E-state index contributed by atoms with van der Waals surface area (Å²) in [6.45, 7) is 4.12. The molecule has 82 valence electrons. The molecule has 0 saturated heterocycles. The second kappa shape index (κ2) is 7.14. The monoisotopic (exact) mass is 216 g/mol. The number of aromatic nitrogens is 2. The average molecular weight is 216 g/mol. The molecular formula is C12H12N2O2. The van der Waals surface area contributed by atoms with Gasteiger partial charge in [-0.3, -0.25) is 0 Å². The fraction of sp³-hybridized carbons (Fsp3) is 0.333. The van der Waals surface area contributed by atoms with Crippen LogP contribution in [0.1, 0.15) is 13.8 Å². The van der Waals surface area contributed by atoms with Crippen molar-refractivity contribution >= 4 is 0 Å². The van der Waals surface area contributed by atoms with Gasteiger partial charge in [0, 0.05) is 0 Å². The first-order chi connectivity index (χ1) is 7.86. The van der Waals surface area contributed by atoms with Crippen LogP contribution < -0.4 is 9.47 Å². The van der Waals surface area contributed by atoms with E-state index in [1.807, 2.05) is 0 Å². The van der Waals surface area contributed by atoms with E-state index in [0.29, 0.717) is 25.0 Å². The number of rotatable bonds is 4. The van der Waals surface area contributed by atoms with Crippen molar-refractivity contribution in [1.82, 2.24) is 9.97 Å². The fourth-order valence-electron chi connectivity index (χ4n) is 0.845. The minimum Gasteiger partial charge on any atom is -0.464 e. The van der Waals surface area contributed by atoms with Crippen LogP contribution in [0.2, 0.25) is 0 Å². The van der Waals surface area contributed by atoms with Gasteiger partial charge in [-0.15, -0.1) is 11.8 Å². The molecule has 4 nitrogen and oxygen atoms in total. The fourth-order valence-corrected chi connectivity index (χ4v) is 0.845. The second-order valence-corrected chi connectivity index (χ2v) is 2.63. The highest BCUT2D eigenvalue weighted by Gasteiger charge is 1.98. The summed E-state index contributed by atoms with van der Waals surface area (Å²) in [5, 5.41) is 0. The average Bonchev–Trinajstić information content (AvgIpc) is 2.30. The minimum absolute atomic E-state index is 0.307. The Morgan fingerprint density at radius 1 is 1.00 bits per heavy atom. The lowest BCUT2D eigenvalue weighted by molar-refractivity contribution is 0.332. The van der Waals surface area contributed by atoms with Crippen molar-refractivity contribution in [3.05, 3.63) is 12.4 Å². The van der Waals surface area contributed by atoms with Crippen LogP contribution in [0, 0.1) is 23.7 Å². The Labute approximate surface area is 95.0 Å². The molecule has 4 heteroatoms. The quantitative estimate of drug-likeness (QED) is 0.711. The summed E-state index contributed by atoms with van der Waals surface area (Å²) < 4.78 is 10.5. The molecule has 0 bridgehead atoms. The van der Waals surface area contributed by atoms with Gasteiger partial charge in [0.2, 0.25) is 11.8 Å². The predicted molar refractivity (Wildman–Crippen MR) is 59.9 cm³/mol. The number of hydrogen-bond donors (Lipinski definition) is 0. The van der Waals surface area contributed by atoms with Crippen molar-refractivity contribution in [2.24, 2.45) is 0 Å². The van der Waals surface area contributed by atoms with Crippen LogP contribution in [0.25, 0.3) is 0 Å². The summed E-state index contributed by atoms with van der Waals surface area (Å²) in [5.41, 5.74) is 0. The standard InChI is InChI=1S/C12H12N2O2/c1-3-5-7-15-11-9-12(14-10-13-11)16-8-6-4-2/h9-10H,7-8H2,1-2H3. The highest BCUT2D eigenvalue weighted by atomic mass is 16.5. The van der Waals surface area contributed by atoms with E-state index in [-0.39, 0.29) is 0 Å². The molecule has 1 rings (SSSR count). The Kier molecular flexibility index (Phi) is 5.30. The largest absolute Gasteiger partial charge is 0.464 e. The van der Waals surface area contributed by atoms with Crippen molar-refractivity contribution in [1.29, 1.82) is 0 Å². The zero-order valence-electron chi connectivity index (χ0n) is 9.28. The summed E-state index contributed by atoms with van der Waals surface area (Å²) in [4.78, 5) is 7.84. The molecule has 0 unspecified atom stereocenters. The molecule has 0 amide bonds. The van der Waals surface area contributed by atoms with Gasteiger partial charge in [-0.2, -0.15) is 0 Å². The first kappa shape index (κ1) is 11.9. The Hall–Kier alpha value is -2.20. The topological polar surface area (TPSA) is 44.2 Å². The van der Waals surface area contributed by atoms with Crippen molar-refractivity contribution in [2.45, 2.75) is 13.8 Å². The van der Waals surface area contributed by atoms with E-state index in [0.717, 1.165) is 0 Å². The SMILES string of the molecule is CC#CCOc1cc(OCC#CC)ncn1. The van der Waals surface area contributed by atoms with Crippen LogP contribution in [-0.2, 0) is 0 Å². The van der Waals surface area contributed by atoms with Gasteiger partial charge in [-0.25, -0.2) is 9.97 Å². The third kappa shape index (κ3) is 4.34. The number of hydrogen-bond acceptors (Lipinski definition) is 4. The lowest BCUT2D eigenvalue weighted by Gasteiger charge is -2.03. The first-order valence-corrected chi connectivity index (χ1v) is 4.73. The molecule has 0 N–H and O–H groups in total. The van der Waals surface area contributed by atoms with E-state index in [1.165, 1.54) is 6.33 Å². The molecule has 0 radical (unpaired) electrons. The lowest BCUT2D eigenvalue weighted by Crippen LogP contribution is -2.00. The number of ether oxygens (including phenoxy) is 2. The molecule has 0 aromatic carbocycles. The van der Waals surface area contributed by atoms with E-state index < -0.39 is 0 Å². The Morgan fingerprint density at radius 3 is 1.94 bits per heavy atom. The van der Waals surface area contributed by atoms with E-state index in [2.05, 4.69) is 33.6 Å². The molecule has 0 fully saturated rings. The maximum Gasteiger partial charge on any atom is 0.221 e. The molecular weight excluding hydrogens is 204 g/mol. The zero-order chi connectivity index (χ0) is 11.6. The van der Waals surface area contributed by atoms with Crippen molar-refractivity contribution in [2.75, 3.05) is 13.2 Å². The summed E-state index contributed by atoms with van der Waals surface area (Å²) in [6, 6.07) is 1.61. The molecule has 0 aliphatic rings. The van der Waals surface area contributed by atoms with Crippen molar-refractivity contribution in [3.63, 3.8) is 0 Å². The normalized spacial score (nSPS) is 8.12. The smallest absolute Gasteiger partial charge is 0.221 e. The maximum atomic E-state index is 5.25. The van der Waals surface area contributed by atoms with Crippen LogP contribution in [0.5, 0.6) is 11.8 Å². The van der Waals surface area contributed by atoms with Gasteiger partial charge < -0.3 is 9.47 Å². The van der Waals surface area contributed by atoms with Gasteiger partial charge >= 0.3 is 0 Å². The summed E-state index contributed by atoms with van der Waals surface area (Å²) in [7, 11) is 0. The number of nitrogens with zero attached hydrogens (tertiary/aromatic N) is 2. The summed E-state index contributed by atoms with van der Waals surface area (Å²) >= 11 is 0. The van der Waals surface area contributed by atoms with Gasteiger partial charge in [0.05, 0.1) is 6.07 Å². The molecule has 1 heterocycles. The second-order valence-electron chi connectivity index (χ2n) is 2.63. The van der Waals surface area contributed by atoms with Crippen LogP contribution >= 0.6 is 0 Å². The van der Waals surface area contributed by atoms with Crippen LogP contribution in [0.4, 0.5) is 0 Å². The third-order valence-corrected chi connectivity index (χ3v) is 1.55. The van der Waals surface area contributed by atoms with Gasteiger partial charge in [0.1, 0.15) is 6.33 Å². The zero-order valence-corrected chi connectivity index (χ0v) is 9.28. The third-order valence-electron chi connectivity index (χ3n) is 1.55. The molecule has 1 aromatic heterocycles. The minimum atomic E-state index is 0.307.